The topological polar surface area (TPSA) is 0 Å². The molecule has 0 radical (unpaired) electrons. The summed E-state index contributed by atoms with van der Waals surface area (Å²) in [4.78, 5) is 0. The van der Waals surface area contributed by atoms with E-state index in [1.165, 1.54) is 6.92 Å². The van der Waals surface area contributed by atoms with Gasteiger partial charge in [-0.15, -0.1) is 0 Å². The summed E-state index contributed by atoms with van der Waals surface area (Å²) in [5.74, 6) is -3.18. The SMILES string of the molecule is CCC1=C(Cl)C(F)(Cl)C=CC1(F)F. The van der Waals surface area contributed by atoms with Gasteiger partial charge in [0, 0.05) is 5.57 Å². The molecule has 0 amide bonds. The molecule has 5 heteroatoms. The molecule has 13 heavy (non-hydrogen) atoms. The summed E-state index contributed by atoms with van der Waals surface area (Å²) in [6.07, 6.45) is 0.968. The summed E-state index contributed by atoms with van der Waals surface area (Å²) in [5.41, 5.74) is -0.464. The van der Waals surface area contributed by atoms with Gasteiger partial charge in [-0.3, -0.25) is 0 Å². The second kappa shape index (κ2) is 3.21. The van der Waals surface area contributed by atoms with Crippen molar-refractivity contribution in [2.45, 2.75) is 24.4 Å². The minimum absolute atomic E-state index is 0.0332. The lowest BCUT2D eigenvalue weighted by Crippen LogP contribution is -2.28. The van der Waals surface area contributed by atoms with E-state index in [1.807, 2.05) is 0 Å². The molecule has 0 fully saturated rings. The van der Waals surface area contributed by atoms with Crippen molar-refractivity contribution in [3.63, 3.8) is 0 Å². The normalized spacial score (nSPS) is 32.5. The Morgan fingerprint density at radius 1 is 1.31 bits per heavy atom. The summed E-state index contributed by atoms with van der Waals surface area (Å²) >= 11 is 10.6. The molecule has 1 rings (SSSR count). The highest BCUT2D eigenvalue weighted by molar-refractivity contribution is 6.40. The molecule has 0 aromatic rings. The quantitative estimate of drug-likeness (QED) is 0.472. The molecule has 1 atom stereocenters. The van der Waals surface area contributed by atoms with Crippen molar-refractivity contribution in [2.24, 2.45) is 0 Å². The van der Waals surface area contributed by atoms with Crippen molar-refractivity contribution in [1.29, 1.82) is 0 Å². The molecular formula is C8H7Cl2F3. The minimum Gasteiger partial charge on any atom is -0.215 e. The fourth-order valence-electron chi connectivity index (χ4n) is 1.12. The van der Waals surface area contributed by atoms with E-state index in [-0.39, 0.29) is 6.42 Å². The van der Waals surface area contributed by atoms with Gasteiger partial charge in [0.25, 0.3) is 5.92 Å². The van der Waals surface area contributed by atoms with E-state index in [2.05, 4.69) is 0 Å². The van der Waals surface area contributed by atoms with Crippen molar-refractivity contribution in [3.8, 4) is 0 Å². The molecule has 74 valence electrons. The maximum atomic E-state index is 13.2. The van der Waals surface area contributed by atoms with Gasteiger partial charge in [-0.25, -0.2) is 4.39 Å². The Balaban J connectivity index is 3.20. The van der Waals surface area contributed by atoms with Crippen LogP contribution in [0.3, 0.4) is 0 Å². The highest BCUT2D eigenvalue weighted by Crippen LogP contribution is 2.45. The lowest BCUT2D eigenvalue weighted by Gasteiger charge is -2.26. The van der Waals surface area contributed by atoms with Crippen LogP contribution in [-0.4, -0.2) is 11.1 Å². The second-order valence-corrected chi connectivity index (χ2v) is 3.65. The summed E-state index contributed by atoms with van der Waals surface area (Å²) in [5, 5.41) is -3.10. The molecule has 0 heterocycles. The molecule has 1 aliphatic carbocycles. The first-order chi connectivity index (χ1) is 5.81. The Labute approximate surface area is 84.0 Å². The fourth-order valence-corrected chi connectivity index (χ4v) is 1.62. The van der Waals surface area contributed by atoms with Crippen LogP contribution in [0, 0.1) is 0 Å². The van der Waals surface area contributed by atoms with Gasteiger partial charge < -0.3 is 0 Å². The van der Waals surface area contributed by atoms with Gasteiger partial charge in [-0.1, -0.05) is 30.1 Å². The van der Waals surface area contributed by atoms with Crippen LogP contribution in [0.1, 0.15) is 13.3 Å². The molecular weight excluding hydrogens is 224 g/mol. The zero-order valence-electron chi connectivity index (χ0n) is 6.75. The van der Waals surface area contributed by atoms with Gasteiger partial charge >= 0.3 is 0 Å². The maximum Gasteiger partial charge on any atom is 0.289 e. The molecule has 0 nitrogen and oxygen atoms in total. The van der Waals surface area contributed by atoms with Gasteiger partial charge in [0.1, 0.15) is 0 Å². The van der Waals surface area contributed by atoms with Crippen molar-refractivity contribution in [1.82, 2.24) is 0 Å². The third-order valence-electron chi connectivity index (χ3n) is 1.82. The summed E-state index contributed by atoms with van der Waals surface area (Å²) < 4.78 is 39.2. The monoisotopic (exact) mass is 230 g/mol. The summed E-state index contributed by atoms with van der Waals surface area (Å²) in [7, 11) is 0. The van der Waals surface area contributed by atoms with E-state index < -0.39 is 21.7 Å². The molecule has 0 aromatic heterocycles. The number of hydrogen-bond donors (Lipinski definition) is 0. The van der Waals surface area contributed by atoms with Crippen LogP contribution >= 0.6 is 23.2 Å². The van der Waals surface area contributed by atoms with E-state index in [9.17, 15) is 13.2 Å². The number of allylic oxidation sites excluding steroid dienone is 4. The largest absolute Gasteiger partial charge is 0.289 e. The average Bonchev–Trinajstić information content (AvgIpc) is 2.00. The number of rotatable bonds is 1. The van der Waals surface area contributed by atoms with Crippen LogP contribution in [0.2, 0.25) is 0 Å². The van der Waals surface area contributed by atoms with Crippen LogP contribution in [0.15, 0.2) is 22.8 Å². The molecule has 1 unspecified atom stereocenters. The van der Waals surface area contributed by atoms with Crippen molar-refractivity contribution < 1.29 is 13.2 Å². The van der Waals surface area contributed by atoms with Crippen LogP contribution in [0.25, 0.3) is 0 Å². The zero-order valence-corrected chi connectivity index (χ0v) is 8.26. The molecule has 0 saturated carbocycles. The minimum atomic E-state index is -3.18. The first-order valence-corrected chi connectivity index (χ1v) is 4.42. The lowest BCUT2D eigenvalue weighted by molar-refractivity contribution is 0.0872. The third kappa shape index (κ3) is 1.86. The Morgan fingerprint density at radius 3 is 2.23 bits per heavy atom. The van der Waals surface area contributed by atoms with Crippen LogP contribution in [0.5, 0.6) is 0 Å². The third-order valence-corrected chi connectivity index (χ3v) is 2.73. The van der Waals surface area contributed by atoms with Gasteiger partial charge in [-0.05, 0) is 18.6 Å². The molecule has 1 aliphatic rings. The van der Waals surface area contributed by atoms with Gasteiger partial charge in [0.2, 0.25) is 5.13 Å². The van der Waals surface area contributed by atoms with Crippen LogP contribution in [0.4, 0.5) is 13.2 Å². The van der Waals surface area contributed by atoms with Crippen LogP contribution in [-0.2, 0) is 0 Å². The zero-order chi connectivity index (χ0) is 10.3. The Hall–Kier alpha value is -0.150. The number of halogens is 5. The molecule has 0 aromatic carbocycles. The summed E-state index contributed by atoms with van der Waals surface area (Å²) in [6, 6.07) is 0. The molecule has 0 spiro atoms. The Bertz CT molecular complexity index is 279. The highest BCUT2D eigenvalue weighted by atomic mass is 35.5. The van der Waals surface area contributed by atoms with Crippen LogP contribution < -0.4 is 0 Å². The van der Waals surface area contributed by atoms with Crippen molar-refractivity contribution in [3.05, 3.63) is 22.8 Å². The van der Waals surface area contributed by atoms with E-state index in [1.54, 1.807) is 0 Å². The first-order valence-electron chi connectivity index (χ1n) is 3.67. The van der Waals surface area contributed by atoms with Gasteiger partial charge in [0.05, 0.1) is 5.03 Å². The average molecular weight is 231 g/mol. The van der Waals surface area contributed by atoms with Crippen molar-refractivity contribution >= 4 is 23.2 Å². The molecule has 0 saturated heterocycles. The smallest absolute Gasteiger partial charge is 0.215 e. The highest BCUT2D eigenvalue weighted by Gasteiger charge is 2.43. The van der Waals surface area contributed by atoms with Gasteiger partial charge in [-0.2, -0.15) is 8.78 Å². The van der Waals surface area contributed by atoms with E-state index in [0.29, 0.717) is 12.2 Å². The molecule has 0 bridgehead atoms. The Morgan fingerprint density at radius 2 is 1.85 bits per heavy atom. The predicted octanol–water partition coefficient (Wildman–Crippen LogP) is 4.00. The van der Waals surface area contributed by atoms with E-state index in [0.717, 1.165) is 0 Å². The second-order valence-electron chi connectivity index (χ2n) is 2.73. The fraction of sp³-hybridized carbons (Fsp3) is 0.500. The standard InChI is InChI=1S/C8H7Cl2F3/c1-2-5-6(9)7(10,11)3-4-8(5,12)13/h3-4H,2H2,1H3. The van der Waals surface area contributed by atoms with Crippen molar-refractivity contribution in [2.75, 3.05) is 0 Å². The number of hydrogen-bond acceptors (Lipinski definition) is 0. The predicted molar refractivity (Wildman–Crippen MR) is 46.9 cm³/mol. The first kappa shape index (κ1) is 10.9. The lowest BCUT2D eigenvalue weighted by atomic mass is 9.98. The maximum absolute atomic E-state index is 13.2. The Kier molecular flexibility index (Phi) is 2.70. The number of alkyl halides is 4. The molecule has 0 N–H and O–H groups in total. The molecule has 0 aliphatic heterocycles. The van der Waals surface area contributed by atoms with Gasteiger partial charge in [0.15, 0.2) is 0 Å². The van der Waals surface area contributed by atoms with E-state index >= 15 is 0 Å². The summed E-state index contributed by atoms with van der Waals surface area (Å²) in [6.45, 7) is 1.47. The van der Waals surface area contributed by atoms with E-state index in [4.69, 9.17) is 23.2 Å².